The van der Waals surface area contributed by atoms with E-state index in [-0.39, 0.29) is 5.91 Å². The lowest BCUT2D eigenvalue weighted by Crippen LogP contribution is -2.36. The van der Waals surface area contributed by atoms with Gasteiger partial charge in [-0.1, -0.05) is 42.0 Å². The van der Waals surface area contributed by atoms with Gasteiger partial charge in [-0.2, -0.15) is 5.10 Å². The van der Waals surface area contributed by atoms with E-state index in [1.165, 1.54) is 16.7 Å². The second-order valence-electron chi connectivity index (χ2n) is 7.48. The number of carbonyl (C=O) groups excluding carboxylic acids is 1. The third-order valence-electron chi connectivity index (χ3n) is 4.85. The molecular weight excluding hydrogens is 348 g/mol. The summed E-state index contributed by atoms with van der Waals surface area (Å²) in [7, 11) is 3.83. The first kappa shape index (κ1) is 19.8. The Labute approximate surface area is 167 Å². The molecule has 0 fully saturated rings. The molecule has 1 heterocycles. The minimum Gasteiger partial charge on any atom is -0.340 e. The van der Waals surface area contributed by atoms with Crippen LogP contribution in [-0.2, 0) is 17.9 Å². The molecule has 0 aliphatic carbocycles. The lowest BCUT2D eigenvalue weighted by Gasteiger charge is -2.22. The smallest absolute Gasteiger partial charge is 0.236 e. The molecule has 1 aromatic heterocycles. The summed E-state index contributed by atoms with van der Waals surface area (Å²) in [6.45, 7) is 5.91. The zero-order chi connectivity index (χ0) is 20.1. The summed E-state index contributed by atoms with van der Waals surface area (Å²) in [6, 6.07) is 16.4. The van der Waals surface area contributed by atoms with Crippen LogP contribution in [0, 0.1) is 13.8 Å². The van der Waals surface area contributed by atoms with Crippen LogP contribution in [0.4, 0.5) is 0 Å². The average molecular weight is 377 g/mol. The Bertz CT molecular complexity index is 933. The lowest BCUT2D eigenvalue weighted by atomic mass is 10.1. The second-order valence-corrected chi connectivity index (χ2v) is 7.48. The fraction of sp³-hybridized carbons (Fsp3) is 0.304. The number of hydrogen-bond acceptors (Lipinski definition) is 3. The summed E-state index contributed by atoms with van der Waals surface area (Å²) in [4.78, 5) is 16.4. The number of carbonyl (C=O) groups is 1. The number of aromatic nitrogens is 2. The summed E-state index contributed by atoms with van der Waals surface area (Å²) in [5.41, 5.74) is 5.80. The summed E-state index contributed by atoms with van der Waals surface area (Å²) in [6.07, 6.45) is 3.79. The van der Waals surface area contributed by atoms with Crippen molar-refractivity contribution in [2.45, 2.75) is 26.9 Å². The molecule has 1 amide bonds. The van der Waals surface area contributed by atoms with Crippen LogP contribution in [-0.4, -0.2) is 46.1 Å². The van der Waals surface area contributed by atoms with Gasteiger partial charge in [0.2, 0.25) is 5.91 Å². The molecule has 0 spiro atoms. The summed E-state index contributed by atoms with van der Waals surface area (Å²) < 4.78 is 1.83. The van der Waals surface area contributed by atoms with Crippen LogP contribution in [0.2, 0.25) is 0 Å². The molecule has 146 valence electrons. The Morgan fingerprint density at radius 1 is 1.04 bits per heavy atom. The molecule has 5 heteroatoms. The van der Waals surface area contributed by atoms with Gasteiger partial charge in [0.15, 0.2) is 0 Å². The molecule has 0 aliphatic rings. The van der Waals surface area contributed by atoms with E-state index in [4.69, 9.17) is 0 Å². The fourth-order valence-electron chi connectivity index (χ4n) is 3.25. The monoisotopic (exact) mass is 376 g/mol. The van der Waals surface area contributed by atoms with Crippen molar-refractivity contribution < 1.29 is 4.79 Å². The van der Waals surface area contributed by atoms with Crippen molar-refractivity contribution in [3.8, 4) is 5.69 Å². The molecule has 0 radical (unpaired) electrons. The molecular formula is C23H28N4O. The van der Waals surface area contributed by atoms with Crippen molar-refractivity contribution in [2.24, 2.45) is 0 Å². The molecule has 0 unspecified atom stereocenters. The lowest BCUT2D eigenvalue weighted by molar-refractivity contribution is -0.131. The van der Waals surface area contributed by atoms with Gasteiger partial charge in [-0.15, -0.1) is 0 Å². The number of hydrogen-bond donors (Lipinski definition) is 0. The van der Waals surface area contributed by atoms with Crippen LogP contribution in [0.1, 0.15) is 22.3 Å². The SMILES string of the molecule is Cc1ccc(CN(C)CC(=O)N(C)Cc2cnn(-c3ccccc3)c2)c(C)c1. The quantitative estimate of drug-likeness (QED) is 0.633. The fourth-order valence-corrected chi connectivity index (χ4v) is 3.25. The topological polar surface area (TPSA) is 41.4 Å². The van der Waals surface area contributed by atoms with E-state index in [1.807, 2.05) is 61.5 Å². The van der Waals surface area contributed by atoms with E-state index in [9.17, 15) is 4.79 Å². The van der Waals surface area contributed by atoms with E-state index in [0.717, 1.165) is 17.8 Å². The molecule has 0 atom stereocenters. The number of amides is 1. The van der Waals surface area contributed by atoms with Gasteiger partial charge < -0.3 is 4.90 Å². The summed E-state index contributed by atoms with van der Waals surface area (Å²) >= 11 is 0. The highest BCUT2D eigenvalue weighted by molar-refractivity contribution is 5.77. The van der Waals surface area contributed by atoms with Gasteiger partial charge >= 0.3 is 0 Å². The minimum atomic E-state index is 0.0970. The minimum absolute atomic E-state index is 0.0970. The number of nitrogens with zero attached hydrogens (tertiary/aromatic N) is 4. The largest absolute Gasteiger partial charge is 0.340 e. The van der Waals surface area contributed by atoms with Crippen LogP contribution >= 0.6 is 0 Å². The van der Waals surface area contributed by atoms with Crippen molar-refractivity contribution in [3.05, 3.63) is 83.2 Å². The molecule has 0 aliphatic heterocycles. The van der Waals surface area contributed by atoms with E-state index in [2.05, 4.69) is 42.0 Å². The van der Waals surface area contributed by atoms with E-state index >= 15 is 0 Å². The third kappa shape index (κ3) is 5.08. The molecule has 2 aromatic carbocycles. The van der Waals surface area contributed by atoms with Gasteiger partial charge in [0, 0.05) is 31.9 Å². The molecule has 28 heavy (non-hydrogen) atoms. The van der Waals surface area contributed by atoms with Gasteiger partial charge in [0.25, 0.3) is 0 Å². The average Bonchev–Trinajstić information content (AvgIpc) is 3.13. The Balaban J connectivity index is 1.55. The van der Waals surface area contributed by atoms with Crippen LogP contribution in [0.25, 0.3) is 5.69 Å². The number of benzene rings is 2. The number of aryl methyl sites for hydroxylation is 2. The van der Waals surface area contributed by atoms with E-state index in [1.54, 1.807) is 4.90 Å². The Morgan fingerprint density at radius 3 is 2.50 bits per heavy atom. The van der Waals surface area contributed by atoms with Crippen molar-refractivity contribution >= 4 is 5.91 Å². The predicted octanol–water partition coefficient (Wildman–Crippen LogP) is 3.58. The van der Waals surface area contributed by atoms with Crippen LogP contribution < -0.4 is 0 Å². The number of rotatable bonds is 7. The number of likely N-dealkylation sites (N-methyl/N-ethyl adjacent to an activating group) is 2. The highest BCUT2D eigenvalue weighted by atomic mass is 16.2. The first-order valence-electron chi connectivity index (χ1n) is 9.50. The maximum Gasteiger partial charge on any atom is 0.236 e. The van der Waals surface area contributed by atoms with Crippen molar-refractivity contribution in [3.63, 3.8) is 0 Å². The number of para-hydroxylation sites is 1. The van der Waals surface area contributed by atoms with Crippen molar-refractivity contribution in [2.75, 3.05) is 20.6 Å². The molecule has 3 rings (SSSR count). The highest BCUT2D eigenvalue weighted by Crippen LogP contribution is 2.13. The van der Waals surface area contributed by atoms with Crippen LogP contribution in [0.15, 0.2) is 60.9 Å². The zero-order valence-corrected chi connectivity index (χ0v) is 17.1. The first-order valence-corrected chi connectivity index (χ1v) is 9.50. The first-order chi connectivity index (χ1) is 13.4. The Hall–Kier alpha value is -2.92. The van der Waals surface area contributed by atoms with Gasteiger partial charge in [0.05, 0.1) is 18.4 Å². The molecule has 5 nitrogen and oxygen atoms in total. The van der Waals surface area contributed by atoms with E-state index in [0.29, 0.717) is 13.1 Å². The normalized spacial score (nSPS) is 11.0. The zero-order valence-electron chi connectivity index (χ0n) is 17.1. The molecule has 0 saturated heterocycles. The standard InChI is InChI=1S/C23H28N4O/c1-18-10-11-21(19(2)12-18)16-25(3)17-23(28)26(4)14-20-13-24-27(15-20)22-8-6-5-7-9-22/h5-13,15H,14,16-17H2,1-4H3. The van der Waals surface area contributed by atoms with Gasteiger partial charge in [-0.25, -0.2) is 4.68 Å². The Morgan fingerprint density at radius 2 is 1.79 bits per heavy atom. The van der Waals surface area contributed by atoms with Crippen LogP contribution in [0.5, 0.6) is 0 Å². The maximum absolute atomic E-state index is 12.6. The molecule has 0 bridgehead atoms. The van der Waals surface area contributed by atoms with Crippen molar-refractivity contribution in [1.82, 2.24) is 19.6 Å². The second kappa shape index (κ2) is 8.85. The van der Waals surface area contributed by atoms with Crippen LogP contribution in [0.3, 0.4) is 0 Å². The van der Waals surface area contributed by atoms with Gasteiger partial charge in [0.1, 0.15) is 0 Å². The molecule has 3 aromatic rings. The summed E-state index contributed by atoms with van der Waals surface area (Å²) in [5.74, 6) is 0.0970. The highest BCUT2D eigenvalue weighted by Gasteiger charge is 2.14. The Kier molecular flexibility index (Phi) is 6.26. The third-order valence-corrected chi connectivity index (χ3v) is 4.85. The molecule has 0 N–H and O–H groups in total. The summed E-state index contributed by atoms with van der Waals surface area (Å²) in [5, 5.41) is 4.40. The van der Waals surface area contributed by atoms with E-state index < -0.39 is 0 Å². The maximum atomic E-state index is 12.6. The van der Waals surface area contributed by atoms with Gasteiger partial charge in [-0.3, -0.25) is 9.69 Å². The predicted molar refractivity (Wildman–Crippen MR) is 112 cm³/mol. The van der Waals surface area contributed by atoms with Crippen molar-refractivity contribution in [1.29, 1.82) is 0 Å². The van der Waals surface area contributed by atoms with Gasteiger partial charge in [-0.05, 0) is 44.2 Å². The molecule has 0 saturated carbocycles.